The maximum atomic E-state index is 4.62. The second-order valence-corrected chi connectivity index (χ2v) is 7.42. The SMILES string of the molecule is CCCCc1ccc(CCc2ccc(-c3ccc(CCC)cn3)cc2)cc1. The number of nitrogens with zero attached hydrogens (tertiary/aromatic N) is 1. The average molecular weight is 358 g/mol. The highest BCUT2D eigenvalue weighted by Gasteiger charge is 2.02. The standard InChI is InChI=1S/C26H31N/c1-3-5-7-21-8-10-22(11-9-21)12-13-23-14-17-25(18-15-23)26-19-16-24(6-4-2)20-27-26/h8-11,14-20H,3-7,12-13H2,1-2H3. The molecule has 27 heavy (non-hydrogen) atoms. The first-order valence-corrected chi connectivity index (χ1v) is 10.4. The number of unbranched alkanes of at least 4 members (excludes halogenated alkanes) is 1. The number of aromatic nitrogens is 1. The van der Waals surface area contributed by atoms with E-state index >= 15 is 0 Å². The molecular weight excluding hydrogens is 326 g/mol. The van der Waals surface area contributed by atoms with E-state index < -0.39 is 0 Å². The summed E-state index contributed by atoms with van der Waals surface area (Å²) in [5.41, 5.74) is 7.84. The third-order valence-electron chi connectivity index (χ3n) is 5.16. The Morgan fingerprint density at radius 2 is 1.11 bits per heavy atom. The summed E-state index contributed by atoms with van der Waals surface area (Å²) in [5, 5.41) is 0. The predicted octanol–water partition coefficient (Wildman–Crippen LogP) is 6.83. The molecule has 0 fully saturated rings. The van der Waals surface area contributed by atoms with Gasteiger partial charge in [0.05, 0.1) is 5.69 Å². The first-order valence-electron chi connectivity index (χ1n) is 10.4. The summed E-state index contributed by atoms with van der Waals surface area (Å²) in [6.45, 7) is 4.45. The molecule has 0 spiro atoms. The Morgan fingerprint density at radius 3 is 1.63 bits per heavy atom. The maximum absolute atomic E-state index is 4.62. The largest absolute Gasteiger partial charge is 0.256 e. The van der Waals surface area contributed by atoms with Crippen molar-refractivity contribution in [2.75, 3.05) is 0 Å². The number of hydrogen-bond donors (Lipinski definition) is 0. The van der Waals surface area contributed by atoms with Crippen molar-refractivity contribution in [1.29, 1.82) is 0 Å². The van der Waals surface area contributed by atoms with Gasteiger partial charge >= 0.3 is 0 Å². The van der Waals surface area contributed by atoms with E-state index in [1.165, 1.54) is 47.1 Å². The van der Waals surface area contributed by atoms with Gasteiger partial charge in [0.25, 0.3) is 0 Å². The fourth-order valence-corrected chi connectivity index (χ4v) is 3.42. The highest BCUT2D eigenvalue weighted by molar-refractivity contribution is 5.59. The molecule has 0 unspecified atom stereocenters. The van der Waals surface area contributed by atoms with Crippen LogP contribution in [0.5, 0.6) is 0 Å². The van der Waals surface area contributed by atoms with Crippen LogP contribution in [0.15, 0.2) is 66.9 Å². The lowest BCUT2D eigenvalue weighted by molar-refractivity contribution is 0.794. The molecule has 1 nitrogen and oxygen atoms in total. The zero-order valence-corrected chi connectivity index (χ0v) is 16.7. The van der Waals surface area contributed by atoms with Crippen molar-refractivity contribution in [2.45, 2.75) is 58.8 Å². The lowest BCUT2D eigenvalue weighted by atomic mass is 10.0. The van der Waals surface area contributed by atoms with Crippen molar-refractivity contribution in [1.82, 2.24) is 4.98 Å². The van der Waals surface area contributed by atoms with Gasteiger partial charge in [0.2, 0.25) is 0 Å². The van der Waals surface area contributed by atoms with Crippen molar-refractivity contribution in [3.05, 3.63) is 89.1 Å². The normalized spacial score (nSPS) is 10.9. The van der Waals surface area contributed by atoms with Gasteiger partial charge < -0.3 is 0 Å². The van der Waals surface area contributed by atoms with Gasteiger partial charge in [-0.1, -0.05) is 81.3 Å². The smallest absolute Gasteiger partial charge is 0.0702 e. The molecule has 0 radical (unpaired) electrons. The minimum absolute atomic E-state index is 1.06. The zero-order valence-electron chi connectivity index (χ0n) is 16.7. The summed E-state index contributed by atoms with van der Waals surface area (Å²) in [6.07, 6.45) is 10.2. The molecule has 3 rings (SSSR count). The average Bonchev–Trinajstić information content (AvgIpc) is 2.73. The quantitative estimate of drug-likeness (QED) is 0.409. The molecule has 0 saturated heterocycles. The molecule has 3 aromatic rings. The Morgan fingerprint density at radius 1 is 0.556 bits per heavy atom. The summed E-state index contributed by atoms with van der Waals surface area (Å²) < 4.78 is 0. The van der Waals surface area contributed by atoms with Crippen LogP contribution in [0.3, 0.4) is 0 Å². The molecule has 0 saturated carbocycles. The van der Waals surface area contributed by atoms with Gasteiger partial charge in [-0.05, 0) is 60.4 Å². The predicted molar refractivity (Wildman–Crippen MR) is 116 cm³/mol. The first kappa shape index (κ1) is 19.4. The Hall–Kier alpha value is -2.41. The lowest BCUT2D eigenvalue weighted by Gasteiger charge is -2.06. The number of benzene rings is 2. The highest BCUT2D eigenvalue weighted by atomic mass is 14.7. The minimum Gasteiger partial charge on any atom is -0.256 e. The van der Waals surface area contributed by atoms with Crippen LogP contribution in [-0.2, 0) is 25.7 Å². The van der Waals surface area contributed by atoms with E-state index in [0.717, 1.165) is 31.4 Å². The van der Waals surface area contributed by atoms with Crippen LogP contribution in [0.1, 0.15) is 55.4 Å². The minimum atomic E-state index is 1.06. The Bertz CT molecular complexity index is 798. The fraction of sp³-hybridized carbons (Fsp3) is 0.346. The molecular formula is C26H31N. The van der Waals surface area contributed by atoms with Crippen molar-refractivity contribution in [3.8, 4) is 11.3 Å². The van der Waals surface area contributed by atoms with Crippen LogP contribution < -0.4 is 0 Å². The third-order valence-corrected chi connectivity index (χ3v) is 5.16. The molecule has 0 aliphatic carbocycles. The number of aryl methyl sites for hydroxylation is 4. The van der Waals surface area contributed by atoms with Crippen molar-refractivity contribution >= 4 is 0 Å². The van der Waals surface area contributed by atoms with E-state index in [-0.39, 0.29) is 0 Å². The van der Waals surface area contributed by atoms with Crippen LogP contribution in [0.4, 0.5) is 0 Å². The Labute approximate surface area is 164 Å². The first-order chi connectivity index (χ1) is 13.3. The van der Waals surface area contributed by atoms with Gasteiger partial charge in [-0.25, -0.2) is 0 Å². The van der Waals surface area contributed by atoms with Crippen LogP contribution in [0.25, 0.3) is 11.3 Å². The summed E-state index contributed by atoms with van der Waals surface area (Å²) >= 11 is 0. The molecule has 0 bridgehead atoms. The number of pyridine rings is 1. The van der Waals surface area contributed by atoms with Crippen LogP contribution in [0, 0.1) is 0 Å². The topological polar surface area (TPSA) is 12.9 Å². The van der Waals surface area contributed by atoms with E-state index in [1.807, 2.05) is 6.20 Å². The van der Waals surface area contributed by atoms with Crippen LogP contribution in [-0.4, -0.2) is 4.98 Å². The van der Waals surface area contributed by atoms with Gasteiger partial charge in [0.1, 0.15) is 0 Å². The van der Waals surface area contributed by atoms with Crippen molar-refractivity contribution < 1.29 is 0 Å². The molecule has 1 heterocycles. The maximum Gasteiger partial charge on any atom is 0.0702 e. The van der Waals surface area contributed by atoms with E-state index in [2.05, 4.69) is 79.5 Å². The molecule has 1 heteroatoms. The van der Waals surface area contributed by atoms with Gasteiger partial charge in [0.15, 0.2) is 0 Å². The van der Waals surface area contributed by atoms with Gasteiger partial charge in [0, 0.05) is 11.8 Å². The molecule has 0 aliphatic heterocycles. The van der Waals surface area contributed by atoms with Gasteiger partial charge in [-0.3, -0.25) is 4.98 Å². The van der Waals surface area contributed by atoms with Crippen molar-refractivity contribution in [2.24, 2.45) is 0 Å². The molecule has 0 atom stereocenters. The summed E-state index contributed by atoms with van der Waals surface area (Å²) in [6, 6.07) is 22.4. The fourth-order valence-electron chi connectivity index (χ4n) is 3.42. The van der Waals surface area contributed by atoms with Crippen LogP contribution >= 0.6 is 0 Å². The van der Waals surface area contributed by atoms with Gasteiger partial charge in [-0.15, -0.1) is 0 Å². The lowest BCUT2D eigenvalue weighted by Crippen LogP contribution is -1.93. The highest BCUT2D eigenvalue weighted by Crippen LogP contribution is 2.19. The van der Waals surface area contributed by atoms with E-state index in [9.17, 15) is 0 Å². The number of rotatable bonds is 9. The molecule has 0 N–H and O–H groups in total. The Kier molecular flexibility index (Phi) is 7.21. The second kappa shape index (κ2) is 10.1. The van der Waals surface area contributed by atoms with E-state index in [0.29, 0.717) is 0 Å². The summed E-state index contributed by atoms with van der Waals surface area (Å²) in [4.78, 5) is 4.62. The molecule has 0 aliphatic rings. The zero-order chi connectivity index (χ0) is 18.9. The van der Waals surface area contributed by atoms with Gasteiger partial charge in [-0.2, -0.15) is 0 Å². The van der Waals surface area contributed by atoms with Crippen LogP contribution in [0.2, 0.25) is 0 Å². The second-order valence-electron chi connectivity index (χ2n) is 7.42. The third kappa shape index (κ3) is 5.79. The molecule has 2 aromatic carbocycles. The molecule has 1 aromatic heterocycles. The molecule has 140 valence electrons. The van der Waals surface area contributed by atoms with Crippen molar-refractivity contribution in [3.63, 3.8) is 0 Å². The summed E-state index contributed by atoms with van der Waals surface area (Å²) in [7, 11) is 0. The van der Waals surface area contributed by atoms with E-state index in [4.69, 9.17) is 0 Å². The van der Waals surface area contributed by atoms with E-state index in [1.54, 1.807) is 0 Å². The number of hydrogen-bond acceptors (Lipinski definition) is 1. The Balaban J connectivity index is 1.55. The molecule has 0 amide bonds. The monoisotopic (exact) mass is 357 g/mol. The summed E-state index contributed by atoms with van der Waals surface area (Å²) in [5.74, 6) is 0.